The Morgan fingerprint density at radius 1 is 1.45 bits per heavy atom. The number of hydrogen-bond acceptors (Lipinski definition) is 4. The fourth-order valence-corrected chi connectivity index (χ4v) is 2.88. The molecule has 0 aromatic carbocycles. The van der Waals surface area contributed by atoms with Gasteiger partial charge in [0.1, 0.15) is 5.76 Å². The third-order valence-electron chi connectivity index (χ3n) is 5.13. The van der Waals surface area contributed by atoms with Crippen LogP contribution in [0.2, 0.25) is 0 Å². The molecule has 1 saturated carbocycles. The van der Waals surface area contributed by atoms with Gasteiger partial charge < -0.3 is 14.6 Å². The largest absolute Gasteiger partial charge is 0.378 e. The molecule has 1 aromatic rings. The minimum Gasteiger partial charge on any atom is -0.378 e. The number of hydrogen-bond donors (Lipinski definition) is 1. The van der Waals surface area contributed by atoms with Crippen LogP contribution in [-0.4, -0.2) is 29.8 Å². The van der Waals surface area contributed by atoms with E-state index in [9.17, 15) is 4.79 Å². The zero-order chi connectivity index (χ0) is 15.1. The van der Waals surface area contributed by atoms with E-state index in [-0.39, 0.29) is 23.0 Å². The maximum Gasteiger partial charge on any atom is 0.224 e. The summed E-state index contributed by atoms with van der Waals surface area (Å²) in [5, 5.41) is 6.97. The first-order chi connectivity index (χ1) is 9.21. The Balaban J connectivity index is 1.98. The van der Waals surface area contributed by atoms with Gasteiger partial charge in [-0.15, -0.1) is 0 Å². The summed E-state index contributed by atoms with van der Waals surface area (Å²) in [6.45, 7) is 10.0. The summed E-state index contributed by atoms with van der Waals surface area (Å²) in [6.07, 6.45) is 1.15. The predicted octanol–water partition coefficient (Wildman–Crippen LogP) is 2.15. The lowest BCUT2D eigenvalue weighted by molar-refractivity contribution is -0.182. The topological polar surface area (TPSA) is 64.4 Å². The number of methoxy groups -OCH3 is 1. The number of aromatic nitrogens is 1. The number of amides is 1. The number of carbonyl (C=O) groups excluding carboxylic acids is 1. The Labute approximate surface area is 120 Å². The molecule has 20 heavy (non-hydrogen) atoms. The van der Waals surface area contributed by atoms with Crippen LogP contribution in [0.4, 0.5) is 0 Å². The summed E-state index contributed by atoms with van der Waals surface area (Å²) in [6, 6.07) is 0.139. The monoisotopic (exact) mass is 280 g/mol. The molecule has 0 aliphatic heterocycles. The zero-order valence-corrected chi connectivity index (χ0v) is 13.2. The van der Waals surface area contributed by atoms with Gasteiger partial charge in [-0.05, 0) is 27.2 Å². The van der Waals surface area contributed by atoms with Crippen LogP contribution in [0.25, 0.3) is 0 Å². The molecule has 1 aliphatic rings. The van der Waals surface area contributed by atoms with Crippen molar-refractivity contribution in [3.05, 3.63) is 17.0 Å². The van der Waals surface area contributed by atoms with Crippen LogP contribution in [0.5, 0.6) is 0 Å². The van der Waals surface area contributed by atoms with Crippen LogP contribution in [0, 0.1) is 19.3 Å². The fourth-order valence-electron chi connectivity index (χ4n) is 2.88. The van der Waals surface area contributed by atoms with Crippen molar-refractivity contribution < 1.29 is 14.1 Å². The van der Waals surface area contributed by atoms with Crippen molar-refractivity contribution >= 4 is 5.91 Å². The van der Waals surface area contributed by atoms with E-state index >= 15 is 0 Å². The molecule has 5 nitrogen and oxygen atoms in total. The lowest BCUT2D eigenvalue weighted by Crippen LogP contribution is -2.68. The van der Waals surface area contributed by atoms with E-state index in [1.54, 1.807) is 7.11 Å². The summed E-state index contributed by atoms with van der Waals surface area (Å²) in [4.78, 5) is 12.2. The molecule has 112 valence electrons. The molecule has 0 radical (unpaired) electrons. The number of carbonyl (C=O) groups is 1. The summed E-state index contributed by atoms with van der Waals surface area (Å²) in [7, 11) is 1.73. The molecule has 1 aromatic heterocycles. The average molecular weight is 280 g/mol. The molecule has 0 spiro atoms. The number of aryl methyl sites for hydroxylation is 2. The van der Waals surface area contributed by atoms with Crippen molar-refractivity contribution in [2.75, 3.05) is 7.11 Å². The maximum absolute atomic E-state index is 12.2. The van der Waals surface area contributed by atoms with Crippen LogP contribution in [0.3, 0.4) is 0 Å². The van der Waals surface area contributed by atoms with Crippen LogP contribution in [-0.2, 0) is 16.0 Å². The van der Waals surface area contributed by atoms with Gasteiger partial charge in [0.05, 0.1) is 17.7 Å². The minimum absolute atomic E-state index is 0.00984. The Kier molecular flexibility index (Phi) is 3.67. The number of rotatable bonds is 4. The summed E-state index contributed by atoms with van der Waals surface area (Å²) < 4.78 is 10.7. The van der Waals surface area contributed by atoms with Gasteiger partial charge in [-0.1, -0.05) is 19.0 Å². The van der Waals surface area contributed by atoms with Crippen molar-refractivity contribution in [3.63, 3.8) is 0 Å². The van der Waals surface area contributed by atoms with Crippen LogP contribution < -0.4 is 5.32 Å². The normalized spacial score (nSPS) is 28.0. The molecule has 0 bridgehead atoms. The summed E-state index contributed by atoms with van der Waals surface area (Å²) >= 11 is 0. The first kappa shape index (κ1) is 15.0. The second-order valence-corrected chi connectivity index (χ2v) is 6.46. The van der Waals surface area contributed by atoms with E-state index in [1.165, 1.54) is 0 Å². The first-order valence-corrected chi connectivity index (χ1v) is 6.97. The number of nitrogens with one attached hydrogen (secondary N) is 1. The Bertz CT molecular complexity index is 502. The van der Waals surface area contributed by atoms with Gasteiger partial charge in [-0.2, -0.15) is 0 Å². The second-order valence-electron chi connectivity index (χ2n) is 6.46. The molecule has 1 fully saturated rings. The van der Waals surface area contributed by atoms with E-state index in [0.717, 1.165) is 17.7 Å². The smallest absolute Gasteiger partial charge is 0.224 e. The highest BCUT2D eigenvalue weighted by Gasteiger charge is 2.58. The highest BCUT2D eigenvalue weighted by molar-refractivity contribution is 5.79. The predicted molar refractivity (Wildman–Crippen MR) is 75.4 cm³/mol. The zero-order valence-electron chi connectivity index (χ0n) is 13.2. The van der Waals surface area contributed by atoms with Crippen LogP contribution in [0.1, 0.15) is 44.2 Å². The van der Waals surface area contributed by atoms with E-state index in [1.807, 2.05) is 13.8 Å². The molecular formula is C15H24N2O3. The van der Waals surface area contributed by atoms with Crippen LogP contribution >= 0.6 is 0 Å². The van der Waals surface area contributed by atoms with E-state index in [4.69, 9.17) is 9.26 Å². The molecule has 1 amide bonds. The molecule has 5 heteroatoms. The lowest BCUT2D eigenvalue weighted by Gasteiger charge is -2.59. The lowest BCUT2D eigenvalue weighted by atomic mass is 9.56. The van der Waals surface area contributed by atoms with E-state index in [2.05, 4.69) is 31.2 Å². The molecule has 1 aliphatic carbocycles. The van der Waals surface area contributed by atoms with Gasteiger partial charge in [-0.25, -0.2) is 0 Å². The Morgan fingerprint density at radius 3 is 2.55 bits per heavy atom. The molecule has 2 atom stereocenters. The third kappa shape index (κ3) is 2.24. The number of nitrogens with zero attached hydrogens (tertiary/aromatic N) is 1. The Morgan fingerprint density at radius 2 is 2.10 bits per heavy atom. The molecule has 0 unspecified atom stereocenters. The third-order valence-corrected chi connectivity index (χ3v) is 5.13. The highest BCUT2D eigenvalue weighted by atomic mass is 16.5. The quantitative estimate of drug-likeness (QED) is 0.918. The first-order valence-electron chi connectivity index (χ1n) is 6.97. The molecular weight excluding hydrogens is 256 g/mol. The van der Waals surface area contributed by atoms with Crippen molar-refractivity contribution in [3.8, 4) is 0 Å². The van der Waals surface area contributed by atoms with Gasteiger partial charge >= 0.3 is 0 Å². The van der Waals surface area contributed by atoms with E-state index < -0.39 is 0 Å². The van der Waals surface area contributed by atoms with Gasteiger partial charge in [0.25, 0.3) is 0 Å². The van der Waals surface area contributed by atoms with Gasteiger partial charge in [0.2, 0.25) is 5.91 Å². The molecule has 0 saturated heterocycles. The SMILES string of the molecule is CO[C@]1(C)C[C@H](NC(=O)Cc2c(C)noc2C)C1(C)C. The van der Waals surface area contributed by atoms with Crippen molar-refractivity contribution in [1.29, 1.82) is 0 Å². The van der Waals surface area contributed by atoms with Gasteiger partial charge in [0, 0.05) is 24.1 Å². The minimum atomic E-state index is -0.173. The van der Waals surface area contributed by atoms with Crippen molar-refractivity contribution in [2.45, 2.75) is 59.1 Å². The van der Waals surface area contributed by atoms with Crippen molar-refractivity contribution in [2.24, 2.45) is 5.41 Å². The van der Waals surface area contributed by atoms with Crippen LogP contribution in [0.15, 0.2) is 4.52 Å². The van der Waals surface area contributed by atoms with Crippen molar-refractivity contribution in [1.82, 2.24) is 10.5 Å². The number of ether oxygens (including phenoxy) is 1. The highest BCUT2D eigenvalue weighted by Crippen LogP contribution is 2.51. The maximum atomic E-state index is 12.2. The molecule has 1 N–H and O–H groups in total. The second kappa shape index (κ2) is 4.88. The van der Waals surface area contributed by atoms with Gasteiger partial charge in [0.15, 0.2) is 0 Å². The summed E-state index contributed by atoms with van der Waals surface area (Å²) in [5.41, 5.74) is 1.42. The van der Waals surface area contributed by atoms with Gasteiger partial charge in [-0.3, -0.25) is 4.79 Å². The molecule has 2 rings (SSSR count). The molecule has 1 heterocycles. The Hall–Kier alpha value is -1.36. The standard InChI is InChI=1S/C15H24N2O3/c1-9-11(10(2)20-17-9)7-13(18)16-12-8-15(5,19-6)14(12,3)4/h12H,7-8H2,1-6H3,(H,16,18)/t12-,15+/m0/s1. The average Bonchev–Trinajstić information content (AvgIpc) is 2.69. The van der Waals surface area contributed by atoms with E-state index in [0.29, 0.717) is 12.2 Å². The fraction of sp³-hybridized carbons (Fsp3) is 0.733. The summed E-state index contributed by atoms with van der Waals surface area (Å²) in [5.74, 6) is 0.725.